The zero-order valence-electron chi connectivity index (χ0n) is 14.0. The Hall–Kier alpha value is -3.02. The second kappa shape index (κ2) is 7.70. The molecule has 130 valence electrons. The molecular weight excluding hydrogens is 318 g/mol. The third kappa shape index (κ3) is 4.97. The van der Waals surface area contributed by atoms with Gasteiger partial charge in [-0.1, -0.05) is 12.1 Å². The van der Waals surface area contributed by atoms with E-state index in [1.165, 1.54) is 0 Å². The largest absolute Gasteiger partial charge is 0.497 e. The van der Waals surface area contributed by atoms with Gasteiger partial charge in [-0.25, -0.2) is 4.79 Å². The zero-order valence-corrected chi connectivity index (χ0v) is 14.0. The van der Waals surface area contributed by atoms with Gasteiger partial charge in [0.05, 0.1) is 7.11 Å². The molecule has 0 atom stereocenters. The Morgan fingerprint density at radius 1 is 1.04 bits per heavy atom. The molecule has 0 aromatic heterocycles. The number of methoxy groups -OCH3 is 1. The number of hydrogen-bond donors (Lipinski definition) is 3. The monoisotopic (exact) mass is 339 g/mol. The van der Waals surface area contributed by atoms with Crippen molar-refractivity contribution in [3.63, 3.8) is 0 Å². The molecule has 2 aromatic rings. The molecule has 1 fully saturated rings. The summed E-state index contributed by atoms with van der Waals surface area (Å²) in [7, 11) is 1.61. The number of urea groups is 1. The molecule has 0 spiro atoms. The van der Waals surface area contributed by atoms with Crippen LogP contribution in [0.25, 0.3) is 0 Å². The van der Waals surface area contributed by atoms with E-state index in [9.17, 15) is 9.59 Å². The number of amides is 3. The Morgan fingerprint density at radius 2 is 1.72 bits per heavy atom. The molecule has 3 rings (SSSR count). The fourth-order valence-corrected chi connectivity index (χ4v) is 2.37. The highest BCUT2D eigenvalue weighted by molar-refractivity contribution is 5.94. The van der Waals surface area contributed by atoms with Gasteiger partial charge >= 0.3 is 6.03 Å². The fraction of sp³-hybridized carbons (Fsp3) is 0.263. The lowest BCUT2D eigenvalue weighted by atomic mass is 10.2. The summed E-state index contributed by atoms with van der Waals surface area (Å²) < 4.78 is 5.16. The second-order valence-corrected chi connectivity index (χ2v) is 6.00. The van der Waals surface area contributed by atoms with Crippen molar-refractivity contribution in [2.45, 2.75) is 19.4 Å². The molecule has 0 bridgehead atoms. The number of benzene rings is 2. The van der Waals surface area contributed by atoms with Crippen molar-refractivity contribution in [2.75, 3.05) is 17.7 Å². The predicted octanol–water partition coefficient (Wildman–Crippen LogP) is 3.37. The van der Waals surface area contributed by atoms with Gasteiger partial charge in [-0.3, -0.25) is 4.79 Å². The zero-order chi connectivity index (χ0) is 17.6. The molecule has 0 aliphatic heterocycles. The van der Waals surface area contributed by atoms with Gasteiger partial charge in [-0.05, 0) is 54.8 Å². The standard InChI is InChI=1S/C19H21N3O3/c1-25-17-4-2-3-13(11-17)12-20-19(24)22-16-9-7-15(8-10-16)21-18(23)14-5-6-14/h2-4,7-11,14H,5-6,12H2,1H3,(H,21,23)(H2,20,22,24). The van der Waals surface area contributed by atoms with Gasteiger partial charge in [0.15, 0.2) is 0 Å². The first kappa shape index (κ1) is 16.8. The molecule has 2 aromatic carbocycles. The molecule has 1 aliphatic rings. The van der Waals surface area contributed by atoms with Crippen LogP contribution in [0, 0.1) is 5.92 Å². The normalized spacial score (nSPS) is 13.0. The van der Waals surface area contributed by atoms with Crippen molar-refractivity contribution < 1.29 is 14.3 Å². The SMILES string of the molecule is COc1cccc(CNC(=O)Nc2ccc(NC(=O)C3CC3)cc2)c1. The summed E-state index contributed by atoms with van der Waals surface area (Å²) in [6.07, 6.45) is 1.94. The van der Waals surface area contributed by atoms with Gasteiger partial charge in [0.1, 0.15) is 5.75 Å². The van der Waals surface area contributed by atoms with Crippen molar-refractivity contribution in [3.8, 4) is 5.75 Å². The lowest BCUT2D eigenvalue weighted by molar-refractivity contribution is -0.117. The molecule has 25 heavy (non-hydrogen) atoms. The summed E-state index contributed by atoms with van der Waals surface area (Å²) in [5.74, 6) is 0.987. The molecule has 3 N–H and O–H groups in total. The van der Waals surface area contributed by atoms with Crippen molar-refractivity contribution in [1.82, 2.24) is 5.32 Å². The molecule has 1 aliphatic carbocycles. The molecule has 3 amide bonds. The van der Waals surface area contributed by atoms with E-state index < -0.39 is 0 Å². The Labute approximate surface area is 146 Å². The van der Waals surface area contributed by atoms with Crippen LogP contribution in [0.2, 0.25) is 0 Å². The summed E-state index contributed by atoms with van der Waals surface area (Å²) in [6, 6.07) is 14.3. The number of ether oxygens (including phenoxy) is 1. The molecule has 1 saturated carbocycles. The van der Waals surface area contributed by atoms with Crippen LogP contribution >= 0.6 is 0 Å². The number of carbonyl (C=O) groups is 2. The van der Waals surface area contributed by atoms with Crippen molar-refractivity contribution >= 4 is 23.3 Å². The minimum Gasteiger partial charge on any atom is -0.497 e. The average molecular weight is 339 g/mol. The molecule has 0 unspecified atom stereocenters. The molecule has 0 radical (unpaired) electrons. The second-order valence-electron chi connectivity index (χ2n) is 6.00. The van der Waals surface area contributed by atoms with Crippen LogP contribution in [-0.2, 0) is 11.3 Å². The topological polar surface area (TPSA) is 79.5 Å². The maximum absolute atomic E-state index is 12.0. The fourth-order valence-electron chi connectivity index (χ4n) is 2.37. The van der Waals surface area contributed by atoms with Crippen molar-refractivity contribution in [2.24, 2.45) is 5.92 Å². The summed E-state index contributed by atoms with van der Waals surface area (Å²) in [5.41, 5.74) is 2.35. The van der Waals surface area contributed by atoms with E-state index in [0.717, 1.165) is 29.8 Å². The van der Waals surface area contributed by atoms with E-state index in [1.807, 2.05) is 24.3 Å². The van der Waals surface area contributed by atoms with E-state index in [4.69, 9.17) is 4.74 Å². The highest BCUT2D eigenvalue weighted by Crippen LogP contribution is 2.30. The van der Waals surface area contributed by atoms with Gasteiger partial charge < -0.3 is 20.7 Å². The maximum atomic E-state index is 12.0. The van der Waals surface area contributed by atoms with Gasteiger partial charge in [0, 0.05) is 23.8 Å². The summed E-state index contributed by atoms with van der Waals surface area (Å²) in [4.78, 5) is 23.7. The van der Waals surface area contributed by atoms with Crippen LogP contribution in [-0.4, -0.2) is 19.0 Å². The first-order valence-corrected chi connectivity index (χ1v) is 8.23. The Balaban J connectivity index is 1.47. The number of nitrogens with one attached hydrogen (secondary N) is 3. The summed E-state index contributed by atoms with van der Waals surface area (Å²) in [5, 5.41) is 8.42. The maximum Gasteiger partial charge on any atom is 0.319 e. The Bertz CT molecular complexity index is 755. The first-order valence-electron chi connectivity index (χ1n) is 8.23. The third-order valence-corrected chi connectivity index (χ3v) is 3.95. The van der Waals surface area contributed by atoms with Crippen LogP contribution in [0.3, 0.4) is 0 Å². The summed E-state index contributed by atoms with van der Waals surface area (Å²) in [6.45, 7) is 0.401. The molecular formula is C19H21N3O3. The number of carbonyl (C=O) groups excluding carboxylic acids is 2. The highest BCUT2D eigenvalue weighted by atomic mass is 16.5. The number of hydrogen-bond acceptors (Lipinski definition) is 3. The van der Waals surface area contributed by atoms with Gasteiger partial charge in [0.2, 0.25) is 5.91 Å². The lowest BCUT2D eigenvalue weighted by Gasteiger charge is -2.10. The third-order valence-electron chi connectivity index (χ3n) is 3.95. The van der Waals surface area contributed by atoms with Gasteiger partial charge in [-0.15, -0.1) is 0 Å². The Kier molecular flexibility index (Phi) is 5.18. The van der Waals surface area contributed by atoms with E-state index in [-0.39, 0.29) is 17.9 Å². The molecule has 0 heterocycles. The first-order chi connectivity index (χ1) is 12.1. The van der Waals surface area contributed by atoms with Crippen LogP contribution in [0.4, 0.5) is 16.2 Å². The highest BCUT2D eigenvalue weighted by Gasteiger charge is 2.29. The van der Waals surface area contributed by atoms with Crippen molar-refractivity contribution in [3.05, 3.63) is 54.1 Å². The predicted molar refractivity (Wildman–Crippen MR) is 96.6 cm³/mol. The molecule has 6 heteroatoms. The average Bonchev–Trinajstić information content (AvgIpc) is 3.47. The van der Waals surface area contributed by atoms with E-state index >= 15 is 0 Å². The van der Waals surface area contributed by atoms with Crippen LogP contribution in [0.15, 0.2) is 48.5 Å². The van der Waals surface area contributed by atoms with E-state index in [2.05, 4.69) is 16.0 Å². The quantitative estimate of drug-likeness (QED) is 0.755. The van der Waals surface area contributed by atoms with Crippen LogP contribution in [0.1, 0.15) is 18.4 Å². The van der Waals surface area contributed by atoms with Gasteiger partial charge in [-0.2, -0.15) is 0 Å². The minimum atomic E-state index is -0.294. The van der Waals surface area contributed by atoms with Gasteiger partial charge in [0.25, 0.3) is 0 Å². The van der Waals surface area contributed by atoms with Crippen LogP contribution in [0.5, 0.6) is 5.75 Å². The number of rotatable bonds is 6. The van der Waals surface area contributed by atoms with E-state index in [1.54, 1.807) is 31.4 Å². The smallest absolute Gasteiger partial charge is 0.319 e. The Morgan fingerprint density at radius 3 is 2.36 bits per heavy atom. The molecule has 0 saturated heterocycles. The summed E-state index contributed by atoms with van der Waals surface area (Å²) >= 11 is 0. The lowest BCUT2D eigenvalue weighted by Crippen LogP contribution is -2.28. The molecule has 6 nitrogen and oxygen atoms in total. The van der Waals surface area contributed by atoms with E-state index in [0.29, 0.717) is 12.2 Å². The minimum absolute atomic E-state index is 0.0664. The van der Waals surface area contributed by atoms with Crippen LogP contribution < -0.4 is 20.7 Å². The van der Waals surface area contributed by atoms with Crippen molar-refractivity contribution in [1.29, 1.82) is 0 Å². The number of anilines is 2.